The maximum absolute atomic E-state index is 5.12. The molecule has 0 aliphatic rings. The summed E-state index contributed by atoms with van der Waals surface area (Å²) in [7, 11) is 1.86. The highest BCUT2D eigenvalue weighted by Gasteiger charge is 2.05. The molecule has 15 heavy (non-hydrogen) atoms. The summed E-state index contributed by atoms with van der Waals surface area (Å²) in [6.45, 7) is 0.655. The van der Waals surface area contributed by atoms with E-state index in [1.807, 2.05) is 7.05 Å². The summed E-state index contributed by atoms with van der Waals surface area (Å²) in [5.41, 5.74) is 1.33. The third kappa shape index (κ3) is 2.87. The second kappa shape index (κ2) is 5.04. The fourth-order valence-corrected chi connectivity index (χ4v) is 2.01. The summed E-state index contributed by atoms with van der Waals surface area (Å²) in [6.07, 6.45) is 1.78. The monoisotopic (exact) mass is 223 g/mol. The molecule has 0 atom stereocenters. The SMILES string of the molecule is CNCc1noc(CCc2ccsc2)n1. The minimum absolute atomic E-state index is 0.655. The predicted molar refractivity (Wildman–Crippen MR) is 58.8 cm³/mol. The zero-order valence-corrected chi connectivity index (χ0v) is 9.38. The van der Waals surface area contributed by atoms with Gasteiger partial charge >= 0.3 is 0 Å². The molecule has 80 valence electrons. The Balaban J connectivity index is 1.88. The molecular weight excluding hydrogens is 210 g/mol. The summed E-state index contributed by atoms with van der Waals surface area (Å²) in [5, 5.41) is 11.1. The molecule has 0 aliphatic carbocycles. The zero-order valence-electron chi connectivity index (χ0n) is 8.56. The van der Waals surface area contributed by atoms with Gasteiger partial charge in [-0.2, -0.15) is 16.3 Å². The Morgan fingerprint density at radius 1 is 1.47 bits per heavy atom. The lowest BCUT2D eigenvalue weighted by Crippen LogP contribution is -2.06. The normalized spacial score (nSPS) is 10.7. The largest absolute Gasteiger partial charge is 0.339 e. The zero-order chi connectivity index (χ0) is 10.5. The molecule has 0 unspecified atom stereocenters. The molecule has 2 aromatic heterocycles. The molecule has 0 spiro atoms. The minimum Gasteiger partial charge on any atom is -0.339 e. The summed E-state index contributed by atoms with van der Waals surface area (Å²) in [4.78, 5) is 4.26. The first-order chi connectivity index (χ1) is 7.38. The van der Waals surface area contributed by atoms with Gasteiger partial charge in [-0.1, -0.05) is 5.16 Å². The Morgan fingerprint density at radius 3 is 3.13 bits per heavy atom. The predicted octanol–water partition coefficient (Wildman–Crippen LogP) is 1.64. The molecule has 0 aliphatic heterocycles. The van der Waals surface area contributed by atoms with Gasteiger partial charge in [-0.15, -0.1) is 0 Å². The van der Waals surface area contributed by atoms with Crippen LogP contribution in [-0.2, 0) is 19.4 Å². The smallest absolute Gasteiger partial charge is 0.227 e. The van der Waals surface area contributed by atoms with Gasteiger partial charge in [0.25, 0.3) is 0 Å². The van der Waals surface area contributed by atoms with E-state index >= 15 is 0 Å². The Bertz CT molecular complexity index is 396. The van der Waals surface area contributed by atoms with Gasteiger partial charge in [0, 0.05) is 6.42 Å². The van der Waals surface area contributed by atoms with Gasteiger partial charge in [0.15, 0.2) is 5.82 Å². The number of nitrogens with one attached hydrogen (secondary N) is 1. The van der Waals surface area contributed by atoms with Gasteiger partial charge < -0.3 is 9.84 Å². The number of thiophene rings is 1. The van der Waals surface area contributed by atoms with Crippen molar-refractivity contribution in [3.05, 3.63) is 34.1 Å². The highest BCUT2D eigenvalue weighted by atomic mass is 32.1. The Hall–Kier alpha value is -1.20. The Labute approximate surface area is 92.3 Å². The second-order valence-corrected chi connectivity index (χ2v) is 4.05. The standard InChI is InChI=1S/C10H13N3OS/c1-11-6-9-12-10(14-13-9)3-2-8-4-5-15-7-8/h4-5,7,11H,2-3,6H2,1H3. The van der Waals surface area contributed by atoms with Crippen molar-refractivity contribution in [3.8, 4) is 0 Å². The average molecular weight is 223 g/mol. The summed E-state index contributed by atoms with van der Waals surface area (Å²) in [5.74, 6) is 1.43. The Morgan fingerprint density at radius 2 is 2.40 bits per heavy atom. The molecule has 4 nitrogen and oxygen atoms in total. The van der Waals surface area contributed by atoms with E-state index in [4.69, 9.17) is 4.52 Å². The first-order valence-corrected chi connectivity index (χ1v) is 5.80. The van der Waals surface area contributed by atoms with Gasteiger partial charge in [0.1, 0.15) is 0 Å². The van der Waals surface area contributed by atoms with Crippen molar-refractivity contribution < 1.29 is 4.52 Å². The van der Waals surface area contributed by atoms with Crippen LogP contribution in [-0.4, -0.2) is 17.2 Å². The van der Waals surface area contributed by atoms with Crippen LogP contribution in [0.15, 0.2) is 21.3 Å². The van der Waals surface area contributed by atoms with Crippen LogP contribution in [0.5, 0.6) is 0 Å². The van der Waals surface area contributed by atoms with Gasteiger partial charge in [-0.3, -0.25) is 0 Å². The van der Waals surface area contributed by atoms with Crippen molar-refractivity contribution in [2.45, 2.75) is 19.4 Å². The first-order valence-electron chi connectivity index (χ1n) is 4.85. The third-order valence-corrected chi connectivity index (χ3v) is 2.78. The minimum atomic E-state index is 0.655. The molecule has 2 aromatic rings. The number of nitrogens with zero attached hydrogens (tertiary/aromatic N) is 2. The van der Waals surface area contributed by atoms with Crippen LogP contribution in [0.3, 0.4) is 0 Å². The number of aryl methyl sites for hydroxylation is 2. The van der Waals surface area contributed by atoms with Gasteiger partial charge in [0.05, 0.1) is 6.54 Å². The van der Waals surface area contributed by atoms with Crippen molar-refractivity contribution in [3.63, 3.8) is 0 Å². The van der Waals surface area contributed by atoms with Crippen LogP contribution in [0.2, 0.25) is 0 Å². The maximum atomic E-state index is 5.12. The van der Waals surface area contributed by atoms with Crippen LogP contribution in [0, 0.1) is 0 Å². The lowest BCUT2D eigenvalue weighted by molar-refractivity contribution is 0.372. The van der Waals surface area contributed by atoms with Crippen molar-refractivity contribution in [2.24, 2.45) is 0 Å². The summed E-state index contributed by atoms with van der Waals surface area (Å²) >= 11 is 1.71. The average Bonchev–Trinajstić information content (AvgIpc) is 2.85. The number of aromatic nitrogens is 2. The summed E-state index contributed by atoms with van der Waals surface area (Å²) in [6, 6.07) is 2.12. The van der Waals surface area contributed by atoms with E-state index in [2.05, 4.69) is 32.3 Å². The quantitative estimate of drug-likeness (QED) is 0.837. The highest BCUT2D eigenvalue weighted by molar-refractivity contribution is 7.07. The van der Waals surface area contributed by atoms with Gasteiger partial charge in [-0.25, -0.2) is 0 Å². The van der Waals surface area contributed by atoms with Gasteiger partial charge in [0.2, 0.25) is 5.89 Å². The Kier molecular flexibility index (Phi) is 3.47. The lowest BCUT2D eigenvalue weighted by atomic mass is 10.2. The lowest BCUT2D eigenvalue weighted by Gasteiger charge is -1.91. The molecule has 2 heterocycles. The molecule has 0 fully saturated rings. The fourth-order valence-electron chi connectivity index (χ4n) is 1.31. The molecule has 5 heteroatoms. The molecule has 0 saturated heterocycles. The molecule has 2 rings (SSSR count). The van der Waals surface area contributed by atoms with Crippen LogP contribution in [0.1, 0.15) is 17.3 Å². The van der Waals surface area contributed by atoms with Crippen molar-refractivity contribution in [1.82, 2.24) is 15.5 Å². The van der Waals surface area contributed by atoms with Crippen molar-refractivity contribution >= 4 is 11.3 Å². The first kappa shape index (κ1) is 10.3. The number of hydrogen-bond acceptors (Lipinski definition) is 5. The maximum Gasteiger partial charge on any atom is 0.227 e. The van der Waals surface area contributed by atoms with E-state index < -0.39 is 0 Å². The van der Waals surface area contributed by atoms with Crippen LogP contribution in [0.25, 0.3) is 0 Å². The fraction of sp³-hybridized carbons (Fsp3) is 0.400. The third-order valence-electron chi connectivity index (χ3n) is 2.05. The van der Waals surface area contributed by atoms with E-state index in [-0.39, 0.29) is 0 Å². The molecule has 0 saturated carbocycles. The molecule has 0 aromatic carbocycles. The topological polar surface area (TPSA) is 51.0 Å². The molecule has 1 N–H and O–H groups in total. The van der Waals surface area contributed by atoms with Crippen LogP contribution in [0.4, 0.5) is 0 Å². The molecular formula is C10H13N3OS. The van der Waals surface area contributed by atoms with E-state index in [1.54, 1.807) is 11.3 Å². The van der Waals surface area contributed by atoms with Crippen LogP contribution < -0.4 is 5.32 Å². The molecule has 0 amide bonds. The highest BCUT2D eigenvalue weighted by Crippen LogP contribution is 2.09. The summed E-state index contributed by atoms with van der Waals surface area (Å²) < 4.78 is 5.12. The van der Waals surface area contributed by atoms with Crippen LogP contribution >= 0.6 is 11.3 Å². The van der Waals surface area contributed by atoms with E-state index in [1.165, 1.54) is 5.56 Å². The van der Waals surface area contributed by atoms with E-state index in [0.29, 0.717) is 12.4 Å². The van der Waals surface area contributed by atoms with E-state index in [9.17, 15) is 0 Å². The number of hydrogen-bond donors (Lipinski definition) is 1. The van der Waals surface area contributed by atoms with Crippen molar-refractivity contribution in [2.75, 3.05) is 7.05 Å². The second-order valence-electron chi connectivity index (χ2n) is 3.27. The van der Waals surface area contributed by atoms with E-state index in [0.717, 1.165) is 18.7 Å². The molecule has 0 bridgehead atoms. The molecule has 0 radical (unpaired) electrons. The number of rotatable bonds is 5. The van der Waals surface area contributed by atoms with Gasteiger partial charge in [-0.05, 0) is 35.9 Å². The van der Waals surface area contributed by atoms with Crippen molar-refractivity contribution in [1.29, 1.82) is 0 Å².